The number of aromatic nitrogens is 2. The molecule has 5 nitrogen and oxygen atoms in total. The van der Waals surface area contributed by atoms with Gasteiger partial charge in [0.2, 0.25) is 0 Å². The Morgan fingerprint density at radius 1 is 1.20 bits per heavy atom. The Balaban J connectivity index is 1.54. The van der Waals surface area contributed by atoms with Crippen LogP contribution in [0.3, 0.4) is 0 Å². The van der Waals surface area contributed by atoms with Gasteiger partial charge in [0.15, 0.2) is 0 Å². The van der Waals surface area contributed by atoms with E-state index in [0.717, 1.165) is 57.9 Å². The van der Waals surface area contributed by atoms with Crippen LogP contribution in [0.25, 0.3) is 0 Å². The number of benzene rings is 1. The number of nitrogens with one attached hydrogen (secondary N) is 1. The number of piperazine rings is 1. The summed E-state index contributed by atoms with van der Waals surface area (Å²) in [4.78, 5) is 4.91. The third-order valence-corrected chi connectivity index (χ3v) is 5.42. The summed E-state index contributed by atoms with van der Waals surface area (Å²) in [6.07, 6.45) is 5.17. The average molecular weight is 406 g/mol. The zero-order valence-electron chi connectivity index (χ0n) is 15.2. The molecule has 0 aliphatic carbocycles. The molecule has 2 heterocycles. The summed E-state index contributed by atoms with van der Waals surface area (Å²) in [5, 5.41) is 7.87. The van der Waals surface area contributed by atoms with Crippen LogP contribution in [-0.2, 0) is 19.6 Å². The van der Waals surface area contributed by atoms with Crippen molar-refractivity contribution in [3.63, 3.8) is 0 Å². The second-order valence-electron chi connectivity index (χ2n) is 6.85. The van der Waals surface area contributed by atoms with Crippen molar-refractivity contribution in [2.75, 3.05) is 38.5 Å². The summed E-state index contributed by atoms with van der Waals surface area (Å²) >= 11 is 3.74. The van der Waals surface area contributed by atoms with Gasteiger partial charge >= 0.3 is 0 Å². The lowest BCUT2D eigenvalue weighted by Gasteiger charge is -2.32. The number of hydrogen-bond donors (Lipinski definition) is 1. The maximum absolute atomic E-state index is 4.38. The molecule has 1 fully saturated rings. The molecule has 3 rings (SSSR count). The Labute approximate surface area is 159 Å². The molecule has 0 bridgehead atoms. The van der Waals surface area contributed by atoms with E-state index >= 15 is 0 Å². The minimum atomic E-state index is 0.800. The number of hydrogen-bond acceptors (Lipinski definition) is 4. The van der Waals surface area contributed by atoms with Crippen LogP contribution in [0, 0.1) is 0 Å². The summed E-state index contributed by atoms with van der Waals surface area (Å²) in [5.74, 6) is 0. The number of aryl methyl sites for hydroxylation is 1. The molecule has 1 aliphatic rings. The molecule has 0 amide bonds. The molecule has 1 aromatic heterocycles. The van der Waals surface area contributed by atoms with Crippen molar-refractivity contribution in [1.29, 1.82) is 0 Å². The molecular formula is C19H28BrN5. The molecule has 0 radical (unpaired) electrons. The Hall–Kier alpha value is -1.37. The molecule has 25 heavy (non-hydrogen) atoms. The van der Waals surface area contributed by atoms with Crippen LogP contribution in [0.2, 0.25) is 0 Å². The Kier molecular flexibility index (Phi) is 6.51. The van der Waals surface area contributed by atoms with E-state index in [1.807, 2.05) is 10.9 Å². The lowest BCUT2D eigenvalue weighted by molar-refractivity contribution is 0.148. The maximum Gasteiger partial charge on any atom is 0.0539 e. The van der Waals surface area contributed by atoms with E-state index in [4.69, 9.17) is 0 Å². The lowest BCUT2D eigenvalue weighted by atomic mass is 10.1. The monoisotopic (exact) mass is 405 g/mol. The molecule has 0 spiro atoms. The predicted octanol–water partition coefficient (Wildman–Crippen LogP) is 3.42. The van der Waals surface area contributed by atoms with Gasteiger partial charge in [-0.3, -0.25) is 9.58 Å². The third kappa shape index (κ3) is 5.30. The van der Waals surface area contributed by atoms with Gasteiger partial charge in [0.05, 0.1) is 6.20 Å². The Morgan fingerprint density at radius 3 is 2.72 bits per heavy atom. The first-order chi connectivity index (χ1) is 12.1. The second-order valence-corrected chi connectivity index (χ2v) is 7.71. The molecule has 2 aromatic rings. The third-order valence-electron chi connectivity index (χ3n) is 4.68. The van der Waals surface area contributed by atoms with Crippen LogP contribution >= 0.6 is 15.9 Å². The van der Waals surface area contributed by atoms with E-state index in [0.29, 0.717) is 0 Å². The number of nitrogens with zero attached hydrogens (tertiary/aromatic N) is 4. The molecule has 6 heteroatoms. The van der Waals surface area contributed by atoms with Gasteiger partial charge < -0.3 is 10.2 Å². The van der Waals surface area contributed by atoms with Gasteiger partial charge in [-0.1, -0.05) is 28.9 Å². The molecule has 1 saturated heterocycles. The summed E-state index contributed by atoms with van der Waals surface area (Å²) in [6, 6.07) is 6.58. The zero-order valence-corrected chi connectivity index (χ0v) is 16.8. The van der Waals surface area contributed by atoms with E-state index < -0.39 is 0 Å². The highest BCUT2D eigenvalue weighted by Crippen LogP contribution is 2.23. The lowest BCUT2D eigenvalue weighted by Crippen LogP contribution is -2.43. The molecule has 0 saturated carbocycles. The molecular weight excluding hydrogens is 378 g/mol. The summed E-state index contributed by atoms with van der Waals surface area (Å²) in [6.45, 7) is 9.56. The highest BCUT2D eigenvalue weighted by atomic mass is 79.9. The first-order valence-corrected chi connectivity index (χ1v) is 9.88. The molecule has 1 aromatic carbocycles. The molecule has 1 aliphatic heterocycles. The number of rotatable bonds is 7. The smallest absolute Gasteiger partial charge is 0.0539 e. The van der Waals surface area contributed by atoms with Crippen molar-refractivity contribution in [3.8, 4) is 0 Å². The minimum absolute atomic E-state index is 0.800. The Morgan fingerprint density at radius 2 is 2.00 bits per heavy atom. The first-order valence-electron chi connectivity index (χ1n) is 9.08. The minimum Gasteiger partial charge on any atom is -0.381 e. The fourth-order valence-corrected chi connectivity index (χ4v) is 3.59. The van der Waals surface area contributed by atoms with Crippen LogP contribution in [0.1, 0.15) is 24.5 Å². The average Bonchev–Trinajstić information content (AvgIpc) is 3.05. The first kappa shape index (κ1) is 18.4. The van der Waals surface area contributed by atoms with Crippen LogP contribution in [-0.4, -0.2) is 52.8 Å². The van der Waals surface area contributed by atoms with Crippen molar-refractivity contribution >= 4 is 21.6 Å². The van der Waals surface area contributed by atoms with E-state index in [-0.39, 0.29) is 0 Å². The van der Waals surface area contributed by atoms with Gasteiger partial charge in [0.1, 0.15) is 0 Å². The largest absolute Gasteiger partial charge is 0.381 e. The molecule has 1 N–H and O–H groups in total. The topological polar surface area (TPSA) is 36.3 Å². The predicted molar refractivity (Wildman–Crippen MR) is 107 cm³/mol. The quantitative estimate of drug-likeness (QED) is 0.765. The molecule has 0 unspecified atom stereocenters. The SMILES string of the molecule is CCCn1cc(CNc2ccc(CN3CCN(C)CC3)c(Br)c2)cn1. The van der Waals surface area contributed by atoms with Crippen molar-refractivity contribution in [2.24, 2.45) is 0 Å². The highest BCUT2D eigenvalue weighted by Gasteiger charge is 2.15. The van der Waals surface area contributed by atoms with Crippen LogP contribution in [0.5, 0.6) is 0 Å². The van der Waals surface area contributed by atoms with Crippen LogP contribution in [0.4, 0.5) is 5.69 Å². The Bertz CT molecular complexity index is 676. The number of anilines is 1. The number of halogens is 1. The number of likely N-dealkylation sites (N-methyl/N-ethyl adjacent to an activating group) is 1. The van der Waals surface area contributed by atoms with Crippen molar-refractivity contribution in [2.45, 2.75) is 33.0 Å². The van der Waals surface area contributed by atoms with Gasteiger partial charge in [0.25, 0.3) is 0 Å². The zero-order chi connectivity index (χ0) is 17.6. The van der Waals surface area contributed by atoms with Crippen molar-refractivity contribution in [3.05, 3.63) is 46.2 Å². The van der Waals surface area contributed by atoms with Gasteiger partial charge in [0, 0.05) is 67.7 Å². The van der Waals surface area contributed by atoms with Crippen molar-refractivity contribution < 1.29 is 0 Å². The van der Waals surface area contributed by atoms with E-state index in [2.05, 4.69) is 74.5 Å². The van der Waals surface area contributed by atoms with Gasteiger partial charge in [-0.05, 0) is 31.2 Å². The van der Waals surface area contributed by atoms with E-state index in [9.17, 15) is 0 Å². The highest BCUT2D eigenvalue weighted by molar-refractivity contribution is 9.10. The molecule has 136 valence electrons. The summed E-state index contributed by atoms with van der Waals surface area (Å²) in [5.41, 5.74) is 3.70. The fourth-order valence-electron chi connectivity index (χ4n) is 3.09. The second kappa shape index (κ2) is 8.83. The standard InChI is InChI=1S/C19H28BrN5/c1-3-6-25-14-16(13-22-25)12-21-18-5-4-17(19(20)11-18)15-24-9-7-23(2)8-10-24/h4-5,11,13-14,21H,3,6-10,12,15H2,1-2H3. The summed E-state index contributed by atoms with van der Waals surface area (Å²) < 4.78 is 3.18. The van der Waals surface area contributed by atoms with E-state index in [1.165, 1.54) is 15.6 Å². The normalized spacial score (nSPS) is 16.3. The maximum atomic E-state index is 4.38. The van der Waals surface area contributed by atoms with Gasteiger partial charge in [-0.2, -0.15) is 5.10 Å². The van der Waals surface area contributed by atoms with Gasteiger partial charge in [-0.25, -0.2) is 0 Å². The van der Waals surface area contributed by atoms with E-state index in [1.54, 1.807) is 0 Å². The van der Waals surface area contributed by atoms with Crippen LogP contribution in [0.15, 0.2) is 35.1 Å². The summed E-state index contributed by atoms with van der Waals surface area (Å²) in [7, 11) is 2.19. The van der Waals surface area contributed by atoms with Crippen molar-refractivity contribution in [1.82, 2.24) is 19.6 Å². The van der Waals surface area contributed by atoms with Gasteiger partial charge in [-0.15, -0.1) is 0 Å². The molecule has 0 atom stereocenters. The van der Waals surface area contributed by atoms with Crippen LogP contribution < -0.4 is 5.32 Å². The fraction of sp³-hybridized carbons (Fsp3) is 0.526.